The molecule has 0 radical (unpaired) electrons. The summed E-state index contributed by atoms with van der Waals surface area (Å²) in [5.74, 6) is -0.250. The highest BCUT2D eigenvalue weighted by Crippen LogP contribution is 2.32. The summed E-state index contributed by atoms with van der Waals surface area (Å²) in [6.45, 7) is 5.82. The number of carbonyl (C=O) groups excluding carboxylic acids is 1. The molecule has 114 valence electrons. The van der Waals surface area contributed by atoms with Crippen molar-refractivity contribution in [2.24, 2.45) is 5.92 Å². The molecule has 20 heavy (non-hydrogen) atoms. The van der Waals surface area contributed by atoms with Crippen molar-refractivity contribution in [1.29, 1.82) is 0 Å². The zero-order valence-electron chi connectivity index (χ0n) is 12.6. The predicted molar refractivity (Wildman–Crippen MR) is 76.6 cm³/mol. The van der Waals surface area contributed by atoms with E-state index in [9.17, 15) is 14.7 Å². The van der Waals surface area contributed by atoms with E-state index in [0.717, 1.165) is 32.4 Å². The van der Waals surface area contributed by atoms with Crippen LogP contribution >= 0.6 is 0 Å². The third-order valence-corrected chi connectivity index (χ3v) is 4.52. The van der Waals surface area contributed by atoms with E-state index in [-0.39, 0.29) is 6.03 Å². The van der Waals surface area contributed by atoms with Crippen LogP contribution in [0.5, 0.6) is 0 Å². The van der Waals surface area contributed by atoms with Crippen molar-refractivity contribution in [3.05, 3.63) is 0 Å². The average Bonchev–Trinajstić information content (AvgIpc) is 3.22. The first kappa shape index (κ1) is 15.1. The summed E-state index contributed by atoms with van der Waals surface area (Å²) in [5, 5.41) is 9.51. The van der Waals surface area contributed by atoms with E-state index in [1.54, 1.807) is 11.8 Å². The fourth-order valence-corrected chi connectivity index (χ4v) is 2.97. The number of carbonyl (C=O) groups is 2. The highest BCUT2D eigenvalue weighted by Gasteiger charge is 2.45. The summed E-state index contributed by atoms with van der Waals surface area (Å²) in [4.78, 5) is 27.8. The Balaban J connectivity index is 2.12. The Morgan fingerprint density at radius 1 is 1.35 bits per heavy atom. The second kappa shape index (κ2) is 6.02. The van der Waals surface area contributed by atoms with Gasteiger partial charge in [0.05, 0.1) is 0 Å². The quantitative estimate of drug-likeness (QED) is 0.843. The number of aliphatic carboxylic acids is 1. The van der Waals surface area contributed by atoms with Gasteiger partial charge in [-0.3, -0.25) is 0 Å². The fourth-order valence-electron chi connectivity index (χ4n) is 2.97. The van der Waals surface area contributed by atoms with Crippen LogP contribution in [-0.2, 0) is 4.79 Å². The highest BCUT2D eigenvalue weighted by molar-refractivity contribution is 5.86. The number of likely N-dealkylation sites (tertiary alicyclic amines) is 1. The predicted octanol–water partition coefficient (Wildman–Crippen LogP) is 2.56. The Labute approximate surface area is 120 Å². The minimum atomic E-state index is -1.04. The van der Waals surface area contributed by atoms with Crippen molar-refractivity contribution < 1.29 is 14.7 Å². The summed E-state index contributed by atoms with van der Waals surface area (Å²) < 4.78 is 0. The fraction of sp³-hybridized carbons (Fsp3) is 0.867. The van der Waals surface area contributed by atoms with Crippen molar-refractivity contribution in [3.8, 4) is 0 Å². The Kier molecular flexibility index (Phi) is 4.55. The van der Waals surface area contributed by atoms with Crippen LogP contribution in [0, 0.1) is 5.92 Å². The van der Waals surface area contributed by atoms with Gasteiger partial charge in [0.15, 0.2) is 0 Å². The molecule has 2 amide bonds. The van der Waals surface area contributed by atoms with Gasteiger partial charge in [0, 0.05) is 19.6 Å². The molecule has 5 nitrogen and oxygen atoms in total. The first-order chi connectivity index (χ1) is 9.49. The van der Waals surface area contributed by atoms with Crippen LogP contribution in [-0.4, -0.2) is 52.1 Å². The van der Waals surface area contributed by atoms with Crippen molar-refractivity contribution in [1.82, 2.24) is 9.80 Å². The molecule has 5 heteroatoms. The van der Waals surface area contributed by atoms with Gasteiger partial charge in [0.25, 0.3) is 0 Å². The third kappa shape index (κ3) is 3.07. The smallest absolute Gasteiger partial charge is 0.329 e. The van der Waals surface area contributed by atoms with Crippen molar-refractivity contribution in [2.75, 3.05) is 19.6 Å². The van der Waals surface area contributed by atoms with Crippen LogP contribution in [0.1, 0.15) is 52.4 Å². The molecule has 2 rings (SSSR count). The van der Waals surface area contributed by atoms with Crippen molar-refractivity contribution in [2.45, 2.75) is 57.9 Å². The van der Waals surface area contributed by atoms with Crippen molar-refractivity contribution >= 4 is 12.0 Å². The summed E-state index contributed by atoms with van der Waals surface area (Å²) in [6.07, 6.45) is 5.64. The topological polar surface area (TPSA) is 60.9 Å². The van der Waals surface area contributed by atoms with E-state index < -0.39 is 11.5 Å². The number of amides is 2. The number of urea groups is 1. The molecule has 0 aromatic heterocycles. The number of carboxylic acids is 1. The van der Waals surface area contributed by atoms with Gasteiger partial charge in [-0.05, 0) is 51.4 Å². The van der Waals surface area contributed by atoms with Crippen LogP contribution in [0.2, 0.25) is 0 Å². The van der Waals surface area contributed by atoms with E-state index in [4.69, 9.17) is 0 Å². The molecule has 1 saturated heterocycles. The second-order valence-electron chi connectivity index (χ2n) is 6.36. The van der Waals surface area contributed by atoms with E-state index >= 15 is 0 Å². The van der Waals surface area contributed by atoms with Crippen LogP contribution < -0.4 is 0 Å². The van der Waals surface area contributed by atoms with Gasteiger partial charge in [-0.2, -0.15) is 0 Å². The third-order valence-electron chi connectivity index (χ3n) is 4.52. The van der Waals surface area contributed by atoms with E-state index in [0.29, 0.717) is 18.9 Å². The maximum atomic E-state index is 12.8. The largest absolute Gasteiger partial charge is 0.480 e. The van der Waals surface area contributed by atoms with Crippen LogP contribution in [0.4, 0.5) is 4.79 Å². The summed E-state index contributed by atoms with van der Waals surface area (Å²) in [6, 6.07) is -0.0802. The number of hydrogen-bond donors (Lipinski definition) is 1. The normalized spacial score (nSPS) is 26.4. The van der Waals surface area contributed by atoms with Gasteiger partial charge < -0.3 is 14.9 Å². The van der Waals surface area contributed by atoms with Gasteiger partial charge in [0.1, 0.15) is 5.54 Å². The maximum absolute atomic E-state index is 12.8. The zero-order chi connectivity index (χ0) is 14.8. The Hall–Kier alpha value is -1.26. The van der Waals surface area contributed by atoms with Crippen LogP contribution in [0.15, 0.2) is 0 Å². The molecular weight excluding hydrogens is 256 g/mol. The second-order valence-corrected chi connectivity index (χ2v) is 6.36. The monoisotopic (exact) mass is 282 g/mol. The van der Waals surface area contributed by atoms with Gasteiger partial charge in [-0.25, -0.2) is 9.59 Å². The van der Waals surface area contributed by atoms with E-state index in [1.165, 1.54) is 12.8 Å². The standard InChI is InChI=1S/C15H26N2O3/c1-3-9-16(11-12-6-7-12)14(20)17-10-5-4-8-15(17,2)13(18)19/h12H,3-11H2,1-2H3,(H,18,19). The first-order valence-electron chi connectivity index (χ1n) is 7.79. The molecule has 2 aliphatic rings. The Morgan fingerprint density at radius 3 is 2.60 bits per heavy atom. The maximum Gasteiger partial charge on any atom is 0.329 e. The first-order valence-corrected chi connectivity index (χ1v) is 7.79. The number of nitrogens with zero attached hydrogens (tertiary/aromatic N) is 2. The molecule has 2 fully saturated rings. The lowest BCUT2D eigenvalue weighted by Gasteiger charge is -2.43. The van der Waals surface area contributed by atoms with Crippen molar-refractivity contribution in [3.63, 3.8) is 0 Å². The number of carboxylic acid groups (broad SMARTS) is 1. The Bertz CT molecular complexity index is 381. The molecular formula is C15H26N2O3. The number of piperidine rings is 1. The lowest BCUT2D eigenvalue weighted by Crippen LogP contribution is -2.60. The summed E-state index contributed by atoms with van der Waals surface area (Å²) >= 11 is 0. The van der Waals surface area contributed by atoms with Gasteiger partial charge in [-0.15, -0.1) is 0 Å². The molecule has 1 unspecified atom stereocenters. The minimum absolute atomic E-state index is 0.0802. The molecule has 1 N–H and O–H groups in total. The minimum Gasteiger partial charge on any atom is -0.480 e. The Morgan fingerprint density at radius 2 is 2.05 bits per heavy atom. The lowest BCUT2D eigenvalue weighted by molar-refractivity contribution is -0.150. The molecule has 1 saturated carbocycles. The molecule has 0 aromatic rings. The van der Waals surface area contributed by atoms with Gasteiger partial charge in [-0.1, -0.05) is 6.92 Å². The molecule has 0 spiro atoms. The number of hydrogen-bond acceptors (Lipinski definition) is 2. The van der Waals surface area contributed by atoms with E-state index in [1.807, 2.05) is 4.90 Å². The SMILES string of the molecule is CCCN(CC1CC1)C(=O)N1CCCCC1(C)C(=O)O. The van der Waals surface area contributed by atoms with Gasteiger partial charge in [0.2, 0.25) is 0 Å². The molecule has 1 heterocycles. The average molecular weight is 282 g/mol. The molecule has 0 aromatic carbocycles. The van der Waals surface area contributed by atoms with Crippen LogP contribution in [0.3, 0.4) is 0 Å². The highest BCUT2D eigenvalue weighted by atomic mass is 16.4. The zero-order valence-corrected chi connectivity index (χ0v) is 12.6. The molecule has 1 atom stereocenters. The van der Waals surface area contributed by atoms with Crippen LogP contribution in [0.25, 0.3) is 0 Å². The molecule has 0 bridgehead atoms. The lowest BCUT2D eigenvalue weighted by atomic mass is 9.89. The van der Waals surface area contributed by atoms with E-state index in [2.05, 4.69) is 6.92 Å². The number of rotatable bonds is 5. The summed E-state index contributed by atoms with van der Waals surface area (Å²) in [7, 11) is 0. The molecule has 1 aliphatic carbocycles. The summed E-state index contributed by atoms with van der Waals surface area (Å²) in [5.41, 5.74) is -1.04. The molecule has 1 aliphatic heterocycles. The van der Waals surface area contributed by atoms with Gasteiger partial charge >= 0.3 is 12.0 Å².